The highest BCUT2D eigenvalue weighted by atomic mass is 19.1. The molecule has 0 aromatic heterocycles. The summed E-state index contributed by atoms with van der Waals surface area (Å²) in [5.74, 6) is -2.17. The van der Waals surface area contributed by atoms with Crippen LogP contribution in [-0.4, -0.2) is 11.0 Å². The third-order valence-corrected chi connectivity index (χ3v) is 2.50. The Morgan fingerprint density at radius 1 is 1.11 bits per heavy atom. The number of halogens is 2. The summed E-state index contributed by atoms with van der Waals surface area (Å²) in [6.07, 6.45) is 0. The predicted molar refractivity (Wildman–Crippen MR) is 67.2 cm³/mol. The Labute approximate surface area is 108 Å². The minimum absolute atomic E-state index is 0.207. The number of rotatable bonds is 2. The van der Waals surface area contributed by atoms with E-state index in [2.05, 4.69) is 5.32 Å². The SMILES string of the molecule is Cc1cc(F)cc(NC(=O)c2cc(F)ccc2O)c1. The number of phenolic OH excluding ortho intramolecular Hbond substituents is 1. The van der Waals surface area contributed by atoms with Crippen molar-refractivity contribution in [3.05, 3.63) is 59.2 Å². The van der Waals surface area contributed by atoms with Crippen molar-refractivity contribution in [2.24, 2.45) is 0 Å². The van der Waals surface area contributed by atoms with Crippen LogP contribution in [0.1, 0.15) is 15.9 Å². The first kappa shape index (κ1) is 13.0. The topological polar surface area (TPSA) is 49.3 Å². The minimum Gasteiger partial charge on any atom is -0.507 e. The molecule has 0 unspecified atom stereocenters. The van der Waals surface area contributed by atoms with E-state index >= 15 is 0 Å². The van der Waals surface area contributed by atoms with E-state index in [1.165, 1.54) is 6.07 Å². The van der Waals surface area contributed by atoms with Gasteiger partial charge in [-0.2, -0.15) is 0 Å². The Kier molecular flexibility index (Phi) is 3.46. The van der Waals surface area contributed by atoms with Crippen LogP contribution in [0.15, 0.2) is 36.4 Å². The molecule has 0 aliphatic rings. The highest BCUT2D eigenvalue weighted by Gasteiger charge is 2.13. The fourth-order valence-corrected chi connectivity index (χ4v) is 1.70. The largest absolute Gasteiger partial charge is 0.507 e. The molecule has 0 aliphatic carbocycles. The molecule has 2 aromatic carbocycles. The number of benzene rings is 2. The number of phenols is 1. The van der Waals surface area contributed by atoms with Gasteiger partial charge < -0.3 is 10.4 Å². The van der Waals surface area contributed by atoms with Crippen LogP contribution in [0.4, 0.5) is 14.5 Å². The van der Waals surface area contributed by atoms with Crippen LogP contribution in [0.25, 0.3) is 0 Å². The van der Waals surface area contributed by atoms with Gasteiger partial charge >= 0.3 is 0 Å². The van der Waals surface area contributed by atoms with Crippen molar-refractivity contribution >= 4 is 11.6 Å². The van der Waals surface area contributed by atoms with Crippen molar-refractivity contribution in [1.82, 2.24) is 0 Å². The molecule has 0 aliphatic heterocycles. The molecule has 0 fully saturated rings. The van der Waals surface area contributed by atoms with E-state index in [0.717, 1.165) is 24.3 Å². The maximum absolute atomic E-state index is 13.2. The lowest BCUT2D eigenvalue weighted by Crippen LogP contribution is -2.12. The van der Waals surface area contributed by atoms with Gasteiger partial charge in [-0.15, -0.1) is 0 Å². The summed E-state index contributed by atoms with van der Waals surface area (Å²) >= 11 is 0. The van der Waals surface area contributed by atoms with E-state index in [4.69, 9.17) is 0 Å². The molecule has 0 saturated heterocycles. The van der Waals surface area contributed by atoms with Crippen molar-refractivity contribution in [3.63, 3.8) is 0 Å². The Morgan fingerprint density at radius 3 is 2.53 bits per heavy atom. The molecule has 0 heterocycles. The van der Waals surface area contributed by atoms with Gasteiger partial charge in [0.25, 0.3) is 5.91 Å². The molecule has 98 valence electrons. The average Bonchev–Trinajstić information content (AvgIpc) is 2.30. The number of hydrogen-bond donors (Lipinski definition) is 2. The molecule has 5 heteroatoms. The Bertz CT molecular complexity index is 621. The van der Waals surface area contributed by atoms with Gasteiger partial charge in [0.2, 0.25) is 0 Å². The average molecular weight is 263 g/mol. The fraction of sp³-hybridized carbons (Fsp3) is 0.0714. The monoisotopic (exact) mass is 263 g/mol. The van der Waals surface area contributed by atoms with Gasteiger partial charge in [0.15, 0.2) is 0 Å². The van der Waals surface area contributed by atoms with Crippen molar-refractivity contribution < 1.29 is 18.7 Å². The van der Waals surface area contributed by atoms with Gasteiger partial charge in [-0.1, -0.05) is 0 Å². The molecular weight excluding hydrogens is 252 g/mol. The van der Waals surface area contributed by atoms with Gasteiger partial charge in [-0.05, 0) is 48.9 Å². The first-order chi connectivity index (χ1) is 8.95. The summed E-state index contributed by atoms with van der Waals surface area (Å²) in [7, 11) is 0. The first-order valence-electron chi connectivity index (χ1n) is 5.53. The van der Waals surface area contributed by atoms with Crippen LogP contribution < -0.4 is 5.32 Å². The molecule has 3 nitrogen and oxygen atoms in total. The highest BCUT2D eigenvalue weighted by molar-refractivity contribution is 6.06. The second-order valence-corrected chi connectivity index (χ2v) is 4.13. The van der Waals surface area contributed by atoms with Crippen LogP contribution in [0.2, 0.25) is 0 Å². The molecule has 0 bridgehead atoms. The summed E-state index contributed by atoms with van der Waals surface area (Å²) in [5.41, 5.74) is 0.673. The maximum atomic E-state index is 13.2. The third-order valence-electron chi connectivity index (χ3n) is 2.50. The molecule has 19 heavy (non-hydrogen) atoms. The zero-order valence-corrected chi connectivity index (χ0v) is 10.1. The first-order valence-corrected chi connectivity index (χ1v) is 5.53. The third kappa shape index (κ3) is 3.07. The molecule has 2 aromatic rings. The lowest BCUT2D eigenvalue weighted by atomic mass is 10.1. The second-order valence-electron chi connectivity index (χ2n) is 4.13. The number of anilines is 1. The van der Waals surface area contributed by atoms with Crippen LogP contribution in [0.5, 0.6) is 5.75 Å². The number of nitrogens with one attached hydrogen (secondary N) is 1. The molecule has 0 radical (unpaired) electrons. The molecule has 2 N–H and O–H groups in total. The van der Waals surface area contributed by atoms with Crippen molar-refractivity contribution in [1.29, 1.82) is 0 Å². The normalized spacial score (nSPS) is 10.3. The van der Waals surface area contributed by atoms with E-state index in [1.54, 1.807) is 13.0 Å². The van der Waals surface area contributed by atoms with E-state index in [0.29, 0.717) is 5.56 Å². The second kappa shape index (κ2) is 5.06. The summed E-state index contributed by atoms with van der Waals surface area (Å²) in [4.78, 5) is 11.8. The van der Waals surface area contributed by atoms with E-state index < -0.39 is 17.5 Å². The fourth-order valence-electron chi connectivity index (χ4n) is 1.70. The Balaban J connectivity index is 2.28. The quantitative estimate of drug-likeness (QED) is 0.873. The number of carbonyl (C=O) groups is 1. The molecule has 0 spiro atoms. The van der Waals surface area contributed by atoms with Gasteiger partial charge in [0.1, 0.15) is 17.4 Å². The van der Waals surface area contributed by atoms with Gasteiger partial charge in [-0.25, -0.2) is 8.78 Å². The lowest BCUT2D eigenvalue weighted by molar-refractivity contribution is 0.102. The Morgan fingerprint density at radius 2 is 1.84 bits per heavy atom. The van der Waals surface area contributed by atoms with Crippen LogP contribution in [0.3, 0.4) is 0 Å². The number of amides is 1. The van der Waals surface area contributed by atoms with E-state index in [1.807, 2.05) is 0 Å². The zero-order valence-electron chi connectivity index (χ0n) is 10.1. The van der Waals surface area contributed by atoms with Crippen LogP contribution in [-0.2, 0) is 0 Å². The highest BCUT2D eigenvalue weighted by Crippen LogP contribution is 2.20. The zero-order chi connectivity index (χ0) is 14.0. The summed E-state index contributed by atoms with van der Waals surface area (Å²) in [6.45, 7) is 1.68. The van der Waals surface area contributed by atoms with Crippen LogP contribution in [0, 0.1) is 18.6 Å². The molecule has 0 saturated carbocycles. The summed E-state index contributed by atoms with van der Waals surface area (Å²) in [6, 6.07) is 7.06. The standard InChI is InChI=1S/C14H11F2NO2/c1-8-4-10(16)6-11(5-8)17-14(19)12-7-9(15)2-3-13(12)18/h2-7,18H,1H3,(H,17,19). The van der Waals surface area contributed by atoms with Gasteiger partial charge in [0.05, 0.1) is 5.56 Å². The van der Waals surface area contributed by atoms with Gasteiger partial charge in [0, 0.05) is 5.69 Å². The maximum Gasteiger partial charge on any atom is 0.259 e. The molecule has 0 atom stereocenters. The molecule has 2 rings (SSSR count). The Hall–Kier alpha value is -2.43. The predicted octanol–water partition coefficient (Wildman–Crippen LogP) is 3.23. The molecular formula is C14H11F2NO2. The number of hydrogen-bond acceptors (Lipinski definition) is 2. The van der Waals surface area contributed by atoms with Crippen molar-refractivity contribution in [2.75, 3.05) is 5.32 Å². The number of carbonyl (C=O) groups excluding carboxylic acids is 1. The van der Waals surface area contributed by atoms with E-state index in [-0.39, 0.29) is 17.0 Å². The summed E-state index contributed by atoms with van der Waals surface area (Å²) < 4.78 is 26.2. The number of aryl methyl sites for hydroxylation is 1. The van der Waals surface area contributed by atoms with E-state index in [9.17, 15) is 18.7 Å². The van der Waals surface area contributed by atoms with Gasteiger partial charge in [-0.3, -0.25) is 4.79 Å². The van der Waals surface area contributed by atoms with Crippen LogP contribution >= 0.6 is 0 Å². The van der Waals surface area contributed by atoms with Crippen molar-refractivity contribution in [2.45, 2.75) is 6.92 Å². The number of aromatic hydroxyl groups is 1. The smallest absolute Gasteiger partial charge is 0.259 e. The van der Waals surface area contributed by atoms with Crippen molar-refractivity contribution in [3.8, 4) is 5.75 Å². The minimum atomic E-state index is -0.706. The summed E-state index contributed by atoms with van der Waals surface area (Å²) in [5, 5.41) is 11.9. The molecule has 1 amide bonds. The lowest BCUT2D eigenvalue weighted by Gasteiger charge is -2.08.